The molecule has 0 fully saturated rings. The fourth-order valence-corrected chi connectivity index (χ4v) is 3.39. The van der Waals surface area contributed by atoms with Crippen molar-refractivity contribution in [2.75, 3.05) is 26.2 Å². The SMILES string of the molecule is CCN(CC)CCNS(=O)(=O)c1cccc(CO)c1C. The second kappa shape index (κ2) is 7.73. The zero-order valence-electron chi connectivity index (χ0n) is 12.4. The van der Waals surface area contributed by atoms with E-state index < -0.39 is 10.0 Å². The summed E-state index contributed by atoms with van der Waals surface area (Å²) in [5.41, 5.74) is 1.24. The number of rotatable bonds is 8. The number of likely N-dealkylation sites (N-methyl/N-ethyl adjacent to an activating group) is 1. The summed E-state index contributed by atoms with van der Waals surface area (Å²) in [6, 6.07) is 4.94. The molecule has 1 aromatic rings. The predicted molar refractivity (Wildman–Crippen MR) is 80.1 cm³/mol. The van der Waals surface area contributed by atoms with E-state index in [0.717, 1.165) is 13.1 Å². The monoisotopic (exact) mass is 300 g/mol. The summed E-state index contributed by atoms with van der Waals surface area (Å²) in [7, 11) is -3.52. The number of aliphatic hydroxyl groups excluding tert-OH is 1. The first-order valence-corrected chi connectivity index (χ1v) is 8.35. The van der Waals surface area contributed by atoms with Crippen LogP contribution in [0.4, 0.5) is 0 Å². The molecule has 0 aliphatic carbocycles. The van der Waals surface area contributed by atoms with Gasteiger partial charge in [-0.3, -0.25) is 0 Å². The molecule has 0 aromatic heterocycles. The molecule has 0 saturated carbocycles. The van der Waals surface area contributed by atoms with Crippen LogP contribution in [0.15, 0.2) is 23.1 Å². The molecular weight excluding hydrogens is 276 g/mol. The van der Waals surface area contributed by atoms with E-state index in [4.69, 9.17) is 0 Å². The number of nitrogens with zero attached hydrogens (tertiary/aromatic N) is 1. The Labute approximate surface area is 121 Å². The van der Waals surface area contributed by atoms with Crippen molar-refractivity contribution in [2.24, 2.45) is 0 Å². The smallest absolute Gasteiger partial charge is 0.240 e. The molecule has 0 aliphatic rings. The molecule has 0 radical (unpaired) electrons. The van der Waals surface area contributed by atoms with Crippen LogP contribution in [0.25, 0.3) is 0 Å². The molecule has 5 nitrogen and oxygen atoms in total. The lowest BCUT2D eigenvalue weighted by Gasteiger charge is -2.18. The highest BCUT2D eigenvalue weighted by atomic mass is 32.2. The fraction of sp³-hybridized carbons (Fsp3) is 0.571. The van der Waals surface area contributed by atoms with Gasteiger partial charge in [0.1, 0.15) is 0 Å². The van der Waals surface area contributed by atoms with Gasteiger partial charge in [-0.2, -0.15) is 0 Å². The van der Waals surface area contributed by atoms with Crippen LogP contribution in [-0.4, -0.2) is 44.6 Å². The van der Waals surface area contributed by atoms with E-state index in [1.807, 2.05) is 13.8 Å². The van der Waals surface area contributed by atoms with Gasteiger partial charge in [0, 0.05) is 13.1 Å². The average Bonchev–Trinajstić information content (AvgIpc) is 2.43. The Bertz CT molecular complexity index is 525. The van der Waals surface area contributed by atoms with Gasteiger partial charge in [0.2, 0.25) is 10.0 Å². The molecule has 114 valence electrons. The molecule has 1 aromatic carbocycles. The molecule has 6 heteroatoms. The molecule has 0 amide bonds. The summed E-state index contributed by atoms with van der Waals surface area (Å²) in [6.07, 6.45) is 0. The van der Waals surface area contributed by atoms with Crippen LogP contribution in [0.2, 0.25) is 0 Å². The van der Waals surface area contributed by atoms with Gasteiger partial charge in [0.05, 0.1) is 11.5 Å². The van der Waals surface area contributed by atoms with Crippen LogP contribution in [0.3, 0.4) is 0 Å². The zero-order valence-corrected chi connectivity index (χ0v) is 13.2. The molecule has 20 heavy (non-hydrogen) atoms. The van der Waals surface area contributed by atoms with Gasteiger partial charge in [-0.1, -0.05) is 26.0 Å². The van der Waals surface area contributed by atoms with Crippen LogP contribution in [0.1, 0.15) is 25.0 Å². The molecule has 1 rings (SSSR count). The summed E-state index contributed by atoms with van der Waals surface area (Å²) < 4.78 is 27.2. The van der Waals surface area contributed by atoms with Crippen molar-refractivity contribution >= 4 is 10.0 Å². The first kappa shape index (κ1) is 17.1. The third-order valence-electron chi connectivity index (χ3n) is 3.47. The summed E-state index contributed by atoms with van der Waals surface area (Å²) in [4.78, 5) is 2.39. The average molecular weight is 300 g/mol. The quantitative estimate of drug-likeness (QED) is 0.754. The number of benzene rings is 1. The van der Waals surface area contributed by atoms with Gasteiger partial charge in [-0.25, -0.2) is 13.1 Å². The van der Waals surface area contributed by atoms with Crippen LogP contribution in [0.5, 0.6) is 0 Å². The molecule has 0 unspecified atom stereocenters. The minimum atomic E-state index is -3.52. The van der Waals surface area contributed by atoms with E-state index in [1.54, 1.807) is 25.1 Å². The summed E-state index contributed by atoms with van der Waals surface area (Å²) >= 11 is 0. The third-order valence-corrected chi connectivity index (χ3v) is 5.08. The third kappa shape index (κ3) is 4.28. The van der Waals surface area contributed by atoms with Crippen molar-refractivity contribution in [1.82, 2.24) is 9.62 Å². The van der Waals surface area contributed by atoms with Crippen molar-refractivity contribution in [1.29, 1.82) is 0 Å². The van der Waals surface area contributed by atoms with Crippen molar-refractivity contribution in [3.8, 4) is 0 Å². The van der Waals surface area contributed by atoms with E-state index in [-0.39, 0.29) is 11.5 Å². The molecule has 0 atom stereocenters. The van der Waals surface area contributed by atoms with Gasteiger partial charge in [0.25, 0.3) is 0 Å². The highest BCUT2D eigenvalue weighted by Gasteiger charge is 2.17. The van der Waals surface area contributed by atoms with Crippen molar-refractivity contribution in [3.63, 3.8) is 0 Å². The van der Waals surface area contributed by atoms with Crippen molar-refractivity contribution in [3.05, 3.63) is 29.3 Å². The number of sulfonamides is 1. The Morgan fingerprint density at radius 2 is 1.90 bits per heavy atom. The maximum atomic E-state index is 12.3. The van der Waals surface area contributed by atoms with Crippen molar-refractivity contribution in [2.45, 2.75) is 32.3 Å². The van der Waals surface area contributed by atoms with E-state index in [1.165, 1.54) is 0 Å². The molecular formula is C14H24N2O3S. The highest BCUT2D eigenvalue weighted by molar-refractivity contribution is 7.89. The Balaban J connectivity index is 2.79. The number of hydrogen-bond donors (Lipinski definition) is 2. The second-order valence-electron chi connectivity index (χ2n) is 4.62. The number of nitrogens with one attached hydrogen (secondary N) is 1. The van der Waals surface area contributed by atoms with E-state index >= 15 is 0 Å². The van der Waals surface area contributed by atoms with Crippen LogP contribution in [0, 0.1) is 6.92 Å². The van der Waals surface area contributed by atoms with E-state index in [9.17, 15) is 13.5 Å². The van der Waals surface area contributed by atoms with Gasteiger partial charge in [-0.15, -0.1) is 0 Å². The van der Waals surface area contributed by atoms with E-state index in [2.05, 4.69) is 9.62 Å². The fourth-order valence-electron chi connectivity index (χ4n) is 2.08. The molecule has 0 aliphatic heterocycles. The molecule has 2 N–H and O–H groups in total. The summed E-state index contributed by atoms with van der Waals surface area (Å²) in [5, 5.41) is 9.20. The lowest BCUT2D eigenvalue weighted by atomic mass is 10.1. The standard InChI is InChI=1S/C14H24N2O3S/c1-4-16(5-2)10-9-15-20(18,19)14-8-6-7-13(11-17)12(14)3/h6-8,15,17H,4-5,9-11H2,1-3H3. The second-order valence-corrected chi connectivity index (χ2v) is 6.36. The Hall–Kier alpha value is -0.950. The largest absolute Gasteiger partial charge is 0.392 e. The Morgan fingerprint density at radius 1 is 1.25 bits per heavy atom. The van der Waals surface area contributed by atoms with Gasteiger partial charge >= 0.3 is 0 Å². The van der Waals surface area contributed by atoms with Crippen LogP contribution in [-0.2, 0) is 16.6 Å². The Kier molecular flexibility index (Phi) is 6.61. The number of hydrogen-bond acceptors (Lipinski definition) is 4. The normalized spacial score (nSPS) is 12.1. The lowest BCUT2D eigenvalue weighted by molar-refractivity contribution is 0.280. The minimum absolute atomic E-state index is 0.158. The molecule has 0 heterocycles. The number of aliphatic hydroxyl groups is 1. The van der Waals surface area contributed by atoms with Gasteiger partial charge in [0.15, 0.2) is 0 Å². The first-order valence-electron chi connectivity index (χ1n) is 6.87. The van der Waals surface area contributed by atoms with E-state index in [0.29, 0.717) is 24.2 Å². The van der Waals surface area contributed by atoms with Gasteiger partial charge in [-0.05, 0) is 37.2 Å². The maximum Gasteiger partial charge on any atom is 0.240 e. The maximum absolute atomic E-state index is 12.3. The minimum Gasteiger partial charge on any atom is -0.392 e. The predicted octanol–water partition coefficient (Wildman–Crippen LogP) is 1.11. The van der Waals surface area contributed by atoms with Crippen LogP contribution < -0.4 is 4.72 Å². The summed E-state index contributed by atoms with van der Waals surface area (Å²) in [5.74, 6) is 0. The van der Waals surface area contributed by atoms with Crippen molar-refractivity contribution < 1.29 is 13.5 Å². The molecule has 0 saturated heterocycles. The van der Waals surface area contributed by atoms with Gasteiger partial charge < -0.3 is 10.0 Å². The topological polar surface area (TPSA) is 69.6 Å². The summed E-state index contributed by atoms with van der Waals surface area (Å²) in [6.45, 7) is 8.52. The molecule has 0 spiro atoms. The lowest BCUT2D eigenvalue weighted by Crippen LogP contribution is -2.35. The highest BCUT2D eigenvalue weighted by Crippen LogP contribution is 2.18. The first-order chi connectivity index (χ1) is 9.46. The Morgan fingerprint density at radius 3 is 2.45 bits per heavy atom. The molecule has 0 bridgehead atoms. The van der Waals surface area contributed by atoms with Crippen LogP contribution >= 0.6 is 0 Å². The zero-order chi connectivity index (χ0) is 15.2.